The van der Waals surface area contributed by atoms with Crippen molar-refractivity contribution in [2.45, 2.75) is 6.54 Å². The van der Waals surface area contributed by atoms with Gasteiger partial charge >= 0.3 is 0 Å². The van der Waals surface area contributed by atoms with Crippen molar-refractivity contribution in [2.24, 2.45) is 0 Å². The highest BCUT2D eigenvalue weighted by atomic mass is 19.2. The van der Waals surface area contributed by atoms with Crippen molar-refractivity contribution in [2.75, 3.05) is 40.4 Å². The molecule has 0 atom stereocenters. The van der Waals surface area contributed by atoms with Crippen LogP contribution in [0.4, 0.5) is 8.78 Å². The van der Waals surface area contributed by atoms with E-state index < -0.39 is 11.6 Å². The van der Waals surface area contributed by atoms with Crippen LogP contribution in [0.1, 0.15) is 11.4 Å². The van der Waals surface area contributed by atoms with E-state index in [2.05, 4.69) is 20.4 Å². The number of methoxy groups -OCH3 is 2. The molecule has 2 aromatic carbocycles. The monoisotopic (exact) mass is 470 g/mol. The molecule has 1 aliphatic rings. The van der Waals surface area contributed by atoms with Crippen molar-refractivity contribution < 1.29 is 23.0 Å². The standard InChI is InChI=1S/C23H24F2N6O3/c1-33-20-7-3-16(13-21(20)34-2)4-8-23(32)30-11-9-29(10-12-30)15-22-26-27-28-31(22)17-5-6-18(24)19(25)14-17/h3-8,13-14H,9-12,15H2,1-2H3/b8-4-. The molecular formula is C23H24F2N6O3. The lowest BCUT2D eigenvalue weighted by Gasteiger charge is -2.33. The van der Waals surface area contributed by atoms with Crippen LogP contribution in [0, 0.1) is 11.6 Å². The fraction of sp³-hybridized carbons (Fsp3) is 0.304. The quantitative estimate of drug-likeness (QED) is 0.490. The van der Waals surface area contributed by atoms with Crippen molar-refractivity contribution in [1.29, 1.82) is 0 Å². The van der Waals surface area contributed by atoms with Crippen LogP contribution in [0.3, 0.4) is 0 Å². The molecule has 9 nitrogen and oxygen atoms in total. The number of rotatable bonds is 7. The lowest BCUT2D eigenvalue weighted by Crippen LogP contribution is -2.48. The Morgan fingerprint density at radius 2 is 1.76 bits per heavy atom. The average molecular weight is 470 g/mol. The molecule has 0 N–H and O–H groups in total. The van der Waals surface area contributed by atoms with Gasteiger partial charge in [0, 0.05) is 38.3 Å². The van der Waals surface area contributed by atoms with Crippen LogP contribution in [0.15, 0.2) is 42.5 Å². The van der Waals surface area contributed by atoms with Gasteiger partial charge in [-0.25, -0.2) is 8.78 Å². The van der Waals surface area contributed by atoms with Gasteiger partial charge in [0.1, 0.15) is 0 Å². The first-order chi connectivity index (χ1) is 16.5. The van der Waals surface area contributed by atoms with Crippen molar-refractivity contribution in [3.63, 3.8) is 0 Å². The van der Waals surface area contributed by atoms with Gasteiger partial charge in [0.25, 0.3) is 0 Å². The first kappa shape index (κ1) is 23.3. The van der Waals surface area contributed by atoms with Crippen molar-refractivity contribution >= 4 is 12.0 Å². The molecule has 0 radical (unpaired) electrons. The number of piperazine rings is 1. The smallest absolute Gasteiger partial charge is 0.246 e. The second-order valence-corrected chi connectivity index (χ2v) is 7.65. The van der Waals surface area contributed by atoms with Crippen LogP contribution in [-0.2, 0) is 11.3 Å². The number of halogens is 2. The number of hydrogen-bond acceptors (Lipinski definition) is 7. The maximum Gasteiger partial charge on any atom is 0.246 e. The Hall–Kier alpha value is -3.86. The second-order valence-electron chi connectivity index (χ2n) is 7.65. The number of hydrogen-bond donors (Lipinski definition) is 0. The molecule has 1 aromatic heterocycles. The molecule has 11 heteroatoms. The highest BCUT2D eigenvalue weighted by Crippen LogP contribution is 2.28. The molecule has 3 aromatic rings. The normalized spacial score (nSPS) is 14.5. The summed E-state index contributed by atoms with van der Waals surface area (Å²) in [6.45, 7) is 2.75. The van der Waals surface area contributed by atoms with Crippen LogP contribution in [-0.4, -0.2) is 76.3 Å². The SMILES string of the molecule is COc1ccc(/C=C\C(=O)N2CCN(Cc3nnnn3-c3ccc(F)c(F)c3)CC2)cc1OC. The molecule has 34 heavy (non-hydrogen) atoms. The third-order valence-electron chi connectivity index (χ3n) is 5.56. The predicted octanol–water partition coefficient (Wildman–Crippen LogP) is 2.32. The van der Waals surface area contributed by atoms with Gasteiger partial charge in [0.2, 0.25) is 5.91 Å². The molecule has 1 aliphatic heterocycles. The maximum absolute atomic E-state index is 13.6. The molecule has 1 amide bonds. The number of nitrogens with zero attached hydrogens (tertiary/aromatic N) is 6. The van der Waals surface area contributed by atoms with Crippen molar-refractivity contribution in [1.82, 2.24) is 30.0 Å². The molecule has 0 spiro atoms. The number of ether oxygens (including phenoxy) is 2. The predicted molar refractivity (Wildman–Crippen MR) is 120 cm³/mol. The van der Waals surface area contributed by atoms with E-state index in [-0.39, 0.29) is 5.91 Å². The molecule has 178 valence electrons. The van der Waals surface area contributed by atoms with Crippen LogP contribution >= 0.6 is 0 Å². The Bertz CT molecular complexity index is 1190. The van der Waals surface area contributed by atoms with Gasteiger partial charge in [0.05, 0.1) is 26.5 Å². The molecule has 2 heterocycles. The molecule has 0 bridgehead atoms. The van der Waals surface area contributed by atoms with Gasteiger partial charge < -0.3 is 14.4 Å². The first-order valence-electron chi connectivity index (χ1n) is 10.6. The summed E-state index contributed by atoms with van der Waals surface area (Å²) in [5.41, 5.74) is 1.17. The van der Waals surface area contributed by atoms with Crippen molar-refractivity contribution in [3.05, 3.63) is 65.5 Å². The Morgan fingerprint density at radius 3 is 2.47 bits per heavy atom. The lowest BCUT2D eigenvalue weighted by molar-refractivity contribution is -0.127. The third-order valence-corrected chi connectivity index (χ3v) is 5.56. The summed E-state index contributed by atoms with van der Waals surface area (Å²) in [4.78, 5) is 16.5. The largest absolute Gasteiger partial charge is 0.493 e. The van der Waals surface area contributed by atoms with Gasteiger partial charge in [-0.15, -0.1) is 5.10 Å². The van der Waals surface area contributed by atoms with Gasteiger partial charge in [-0.2, -0.15) is 4.68 Å². The minimum Gasteiger partial charge on any atom is -0.493 e. The van der Waals surface area contributed by atoms with E-state index in [1.165, 1.54) is 10.7 Å². The molecule has 0 saturated carbocycles. The fourth-order valence-corrected chi connectivity index (χ4v) is 3.68. The number of amides is 1. The van der Waals surface area contributed by atoms with E-state index in [1.54, 1.807) is 43.4 Å². The molecule has 1 fully saturated rings. The number of aromatic nitrogens is 4. The Morgan fingerprint density at radius 1 is 1.00 bits per heavy atom. The lowest BCUT2D eigenvalue weighted by atomic mass is 10.2. The number of tetrazole rings is 1. The number of benzene rings is 2. The Balaban J connectivity index is 1.33. The van der Waals surface area contributed by atoms with Crippen LogP contribution < -0.4 is 9.47 Å². The van der Waals surface area contributed by atoms with E-state index in [9.17, 15) is 13.6 Å². The number of carbonyl (C=O) groups excluding carboxylic acids is 1. The summed E-state index contributed by atoms with van der Waals surface area (Å²) in [5.74, 6) is -0.263. The van der Waals surface area contributed by atoms with Gasteiger partial charge in [-0.3, -0.25) is 9.69 Å². The zero-order valence-electron chi connectivity index (χ0n) is 18.8. The third kappa shape index (κ3) is 5.20. The van der Waals surface area contributed by atoms with Crippen LogP contribution in [0.25, 0.3) is 11.8 Å². The Labute approximate surface area is 195 Å². The van der Waals surface area contributed by atoms with E-state index in [1.807, 2.05) is 6.07 Å². The minimum atomic E-state index is -0.966. The van der Waals surface area contributed by atoms with E-state index in [0.717, 1.165) is 17.7 Å². The summed E-state index contributed by atoms with van der Waals surface area (Å²) < 4.78 is 38.7. The summed E-state index contributed by atoms with van der Waals surface area (Å²) in [6, 6.07) is 8.94. The van der Waals surface area contributed by atoms with Crippen molar-refractivity contribution in [3.8, 4) is 17.2 Å². The summed E-state index contributed by atoms with van der Waals surface area (Å²) in [5, 5.41) is 11.6. The Kier molecular flexibility index (Phi) is 7.12. The van der Waals surface area contributed by atoms with Gasteiger partial charge in [-0.05, 0) is 46.3 Å². The zero-order valence-corrected chi connectivity index (χ0v) is 18.8. The van der Waals surface area contributed by atoms with Gasteiger partial charge in [-0.1, -0.05) is 6.07 Å². The highest BCUT2D eigenvalue weighted by molar-refractivity contribution is 5.92. The molecule has 1 saturated heterocycles. The molecular weight excluding hydrogens is 446 g/mol. The summed E-state index contributed by atoms with van der Waals surface area (Å²) in [6.07, 6.45) is 3.28. The average Bonchev–Trinajstić information content (AvgIpc) is 3.32. The molecule has 4 rings (SSSR count). The van der Waals surface area contributed by atoms with Gasteiger partial charge in [0.15, 0.2) is 29.0 Å². The zero-order chi connectivity index (χ0) is 24.1. The first-order valence-corrected chi connectivity index (χ1v) is 10.6. The molecule has 0 aliphatic carbocycles. The van der Waals surface area contributed by atoms with E-state index in [0.29, 0.717) is 55.7 Å². The summed E-state index contributed by atoms with van der Waals surface area (Å²) >= 11 is 0. The minimum absolute atomic E-state index is 0.0824. The topological polar surface area (TPSA) is 85.6 Å². The molecule has 0 unspecified atom stereocenters. The van der Waals surface area contributed by atoms with Crippen LogP contribution in [0.5, 0.6) is 11.5 Å². The van der Waals surface area contributed by atoms with E-state index in [4.69, 9.17) is 9.47 Å². The maximum atomic E-state index is 13.6. The highest BCUT2D eigenvalue weighted by Gasteiger charge is 2.22. The fourth-order valence-electron chi connectivity index (χ4n) is 3.68. The van der Waals surface area contributed by atoms with Crippen LogP contribution in [0.2, 0.25) is 0 Å². The summed E-state index contributed by atoms with van der Waals surface area (Å²) in [7, 11) is 3.13. The second kappa shape index (κ2) is 10.4. The number of carbonyl (C=O) groups is 1. The van der Waals surface area contributed by atoms with E-state index >= 15 is 0 Å².